The molecule has 0 bridgehead atoms. The van der Waals surface area contributed by atoms with Gasteiger partial charge in [-0.15, -0.1) is 0 Å². The van der Waals surface area contributed by atoms with Crippen LogP contribution in [-0.4, -0.2) is 80.2 Å². The van der Waals surface area contributed by atoms with Crippen LogP contribution >= 0.6 is 0 Å². The van der Waals surface area contributed by atoms with Crippen molar-refractivity contribution >= 4 is 15.9 Å². The summed E-state index contributed by atoms with van der Waals surface area (Å²) in [6.07, 6.45) is -13.9. The molecule has 3 rings (SSSR count). The normalized spacial score (nSPS) is 26.8. The van der Waals surface area contributed by atoms with E-state index in [9.17, 15) is 39.6 Å². The van der Waals surface area contributed by atoms with E-state index in [1.807, 2.05) is 0 Å². The smallest absolute Gasteiger partial charge is 0.351 e. The lowest BCUT2D eigenvalue weighted by Crippen LogP contribution is -2.57. The number of sulfonamides is 1. The van der Waals surface area contributed by atoms with Crippen LogP contribution in [0, 0.1) is 5.41 Å². The summed E-state index contributed by atoms with van der Waals surface area (Å²) >= 11 is 0. The molecule has 2 fully saturated rings. The van der Waals surface area contributed by atoms with Crippen molar-refractivity contribution in [1.82, 2.24) is 14.5 Å². The zero-order valence-corrected chi connectivity index (χ0v) is 20.1. The molecule has 2 heterocycles. The Morgan fingerprint density at radius 3 is 2.33 bits per heavy atom. The number of halogens is 7. The SMILES string of the molecule is O=C(NC[C@]1(C(F)(F)F)CCN(C[C@@H]2CCCN2S(=O)(=O)CCC(F)(F)F)[C@@H](F)C1)c1ccccc1. The second-order valence-electron chi connectivity index (χ2n) is 9.30. The van der Waals surface area contributed by atoms with Crippen LogP contribution in [0.5, 0.6) is 0 Å². The molecule has 1 amide bonds. The van der Waals surface area contributed by atoms with Gasteiger partial charge in [0.15, 0.2) is 6.30 Å². The van der Waals surface area contributed by atoms with Gasteiger partial charge in [-0.3, -0.25) is 9.69 Å². The van der Waals surface area contributed by atoms with Crippen molar-refractivity contribution in [3.63, 3.8) is 0 Å². The van der Waals surface area contributed by atoms with Gasteiger partial charge in [0.1, 0.15) is 0 Å². The molecule has 2 saturated heterocycles. The first kappa shape index (κ1) is 28.6. The number of amides is 1. The average molecular weight is 548 g/mol. The molecule has 14 heteroatoms. The first-order valence-electron chi connectivity index (χ1n) is 11.5. The number of likely N-dealkylation sites (tertiary alicyclic amines) is 1. The van der Waals surface area contributed by atoms with Crippen molar-refractivity contribution in [1.29, 1.82) is 0 Å². The summed E-state index contributed by atoms with van der Waals surface area (Å²) in [5, 5.41) is 2.25. The Hall–Kier alpha value is -1.93. The molecular formula is C22H28F7N3O3S. The Morgan fingerprint density at radius 2 is 1.75 bits per heavy atom. The molecule has 204 valence electrons. The van der Waals surface area contributed by atoms with Crippen molar-refractivity contribution in [2.24, 2.45) is 5.41 Å². The number of hydrogen-bond donors (Lipinski definition) is 1. The lowest BCUT2D eigenvalue weighted by atomic mass is 9.76. The van der Waals surface area contributed by atoms with Gasteiger partial charge < -0.3 is 5.32 Å². The highest BCUT2D eigenvalue weighted by atomic mass is 32.2. The van der Waals surface area contributed by atoms with Crippen molar-refractivity contribution in [3.05, 3.63) is 35.9 Å². The molecule has 0 aliphatic carbocycles. The van der Waals surface area contributed by atoms with E-state index in [4.69, 9.17) is 0 Å². The molecule has 0 radical (unpaired) electrons. The van der Waals surface area contributed by atoms with Gasteiger partial charge >= 0.3 is 12.4 Å². The maximum Gasteiger partial charge on any atom is 0.396 e. The molecule has 0 aromatic heterocycles. The number of hydrogen-bond acceptors (Lipinski definition) is 4. The minimum atomic E-state index is -4.81. The van der Waals surface area contributed by atoms with E-state index in [1.165, 1.54) is 12.1 Å². The lowest BCUT2D eigenvalue weighted by Gasteiger charge is -2.45. The van der Waals surface area contributed by atoms with E-state index in [0.717, 1.165) is 9.21 Å². The van der Waals surface area contributed by atoms with Crippen LogP contribution in [-0.2, 0) is 10.0 Å². The third-order valence-corrected chi connectivity index (χ3v) is 8.74. The van der Waals surface area contributed by atoms with Crippen LogP contribution in [0.25, 0.3) is 0 Å². The molecule has 1 aromatic carbocycles. The third kappa shape index (κ3) is 6.88. The highest BCUT2D eigenvalue weighted by Gasteiger charge is 2.58. The van der Waals surface area contributed by atoms with Gasteiger partial charge in [0, 0.05) is 44.2 Å². The quantitative estimate of drug-likeness (QED) is 0.393. The minimum Gasteiger partial charge on any atom is -0.351 e. The maximum atomic E-state index is 15.1. The highest BCUT2D eigenvalue weighted by Crippen LogP contribution is 2.48. The molecule has 6 nitrogen and oxygen atoms in total. The molecule has 2 aliphatic heterocycles. The molecule has 0 unspecified atom stereocenters. The first-order valence-corrected chi connectivity index (χ1v) is 13.1. The first-order chi connectivity index (χ1) is 16.6. The van der Waals surface area contributed by atoms with E-state index < -0.39 is 77.6 Å². The Labute approximate surface area is 204 Å². The monoisotopic (exact) mass is 547 g/mol. The molecular weight excluding hydrogens is 519 g/mol. The van der Waals surface area contributed by atoms with Crippen LogP contribution in [0.2, 0.25) is 0 Å². The standard InChI is InChI=1S/C22H28F7N3O3S/c23-18-13-20(22(27,28)29,15-30-19(33)16-5-2-1-3-6-16)8-11-31(18)14-17-7-4-10-32(17)36(34,35)12-9-21(24,25)26/h1-3,5-6,17-18H,4,7-15H2,(H,30,33)/t17-,18+,20-/m0/s1. The second-order valence-corrected chi connectivity index (χ2v) is 11.3. The van der Waals surface area contributed by atoms with Crippen LogP contribution in [0.4, 0.5) is 30.7 Å². The molecule has 36 heavy (non-hydrogen) atoms. The Kier molecular flexibility index (Phi) is 8.61. The van der Waals surface area contributed by atoms with Crippen LogP contribution in [0.1, 0.15) is 42.5 Å². The van der Waals surface area contributed by atoms with Crippen LogP contribution in [0.15, 0.2) is 30.3 Å². The van der Waals surface area contributed by atoms with E-state index in [2.05, 4.69) is 5.32 Å². The molecule has 0 saturated carbocycles. The largest absolute Gasteiger partial charge is 0.396 e. The summed E-state index contributed by atoms with van der Waals surface area (Å²) in [7, 11) is -4.26. The average Bonchev–Trinajstić information content (AvgIpc) is 3.26. The van der Waals surface area contributed by atoms with Gasteiger partial charge in [0.25, 0.3) is 5.91 Å². The minimum absolute atomic E-state index is 0.0202. The number of alkyl halides is 7. The summed E-state index contributed by atoms with van der Waals surface area (Å²) in [5.74, 6) is -1.85. The van der Waals surface area contributed by atoms with Crippen LogP contribution in [0.3, 0.4) is 0 Å². The zero-order valence-electron chi connectivity index (χ0n) is 19.3. The van der Waals surface area contributed by atoms with Gasteiger partial charge in [0.2, 0.25) is 10.0 Å². The van der Waals surface area contributed by atoms with E-state index >= 15 is 4.39 Å². The van der Waals surface area contributed by atoms with Gasteiger partial charge in [-0.1, -0.05) is 18.2 Å². The predicted molar refractivity (Wildman–Crippen MR) is 117 cm³/mol. The number of nitrogens with one attached hydrogen (secondary N) is 1. The van der Waals surface area contributed by atoms with Gasteiger partial charge in [-0.2, -0.15) is 30.6 Å². The molecule has 1 N–H and O–H groups in total. The molecule has 1 aromatic rings. The number of nitrogens with zero attached hydrogens (tertiary/aromatic N) is 2. The summed E-state index contributed by atoms with van der Waals surface area (Å²) in [5.41, 5.74) is -2.35. The van der Waals surface area contributed by atoms with Crippen molar-refractivity contribution in [2.75, 3.05) is 31.9 Å². The van der Waals surface area contributed by atoms with E-state index in [1.54, 1.807) is 18.2 Å². The second kappa shape index (κ2) is 10.8. The Morgan fingerprint density at radius 1 is 1.08 bits per heavy atom. The van der Waals surface area contributed by atoms with Crippen LogP contribution < -0.4 is 5.32 Å². The van der Waals surface area contributed by atoms with Gasteiger partial charge in [-0.25, -0.2) is 12.8 Å². The lowest BCUT2D eigenvalue weighted by molar-refractivity contribution is -0.247. The van der Waals surface area contributed by atoms with Crippen molar-refractivity contribution in [3.8, 4) is 0 Å². The summed E-state index contributed by atoms with van der Waals surface area (Å²) in [4.78, 5) is 13.4. The number of carbonyl (C=O) groups excluding carboxylic acids is 1. The number of piperidine rings is 1. The number of benzene rings is 1. The predicted octanol–water partition coefficient (Wildman–Crippen LogP) is 4.10. The molecule has 3 atom stereocenters. The van der Waals surface area contributed by atoms with Crippen molar-refractivity contribution < 1.29 is 43.9 Å². The topological polar surface area (TPSA) is 69.7 Å². The highest BCUT2D eigenvalue weighted by molar-refractivity contribution is 7.89. The van der Waals surface area contributed by atoms with E-state index in [-0.39, 0.29) is 31.6 Å². The zero-order chi connectivity index (χ0) is 26.8. The fourth-order valence-corrected chi connectivity index (χ4v) is 6.46. The number of rotatable bonds is 8. The fourth-order valence-electron chi connectivity index (χ4n) is 4.71. The van der Waals surface area contributed by atoms with Gasteiger partial charge in [0.05, 0.1) is 17.6 Å². The fraction of sp³-hybridized carbons (Fsp3) is 0.682. The summed E-state index contributed by atoms with van der Waals surface area (Å²) in [6.45, 7) is -1.42. The number of carbonyl (C=O) groups is 1. The van der Waals surface area contributed by atoms with Gasteiger partial charge in [-0.05, 0) is 31.4 Å². The van der Waals surface area contributed by atoms with E-state index in [0.29, 0.717) is 6.42 Å². The maximum absolute atomic E-state index is 15.1. The summed E-state index contributed by atoms with van der Waals surface area (Å²) < 4.78 is 121. The Balaban J connectivity index is 1.65. The molecule has 2 aliphatic rings. The summed E-state index contributed by atoms with van der Waals surface area (Å²) in [6, 6.07) is 6.81. The molecule has 0 spiro atoms. The van der Waals surface area contributed by atoms with Crippen molar-refractivity contribution in [2.45, 2.75) is 56.8 Å². The third-order valence-electron chi connectivity index (χ3n) is 6.83. The Bertz CT molecular complexity index is 1000.